The Morgan fingerprint density at radius 1 is 1.11 bits per heavy atom. The van der Waals surface area contributed by atoms with E-state index in [1.54, 1.807) is 0 Å². The van der Waals surface area contributed by atoms with Crippen LogP contribution in [0.3, 0.4) is 0 Å². The number of carbonyl (C=O) groups is 1. The smallest absolute Gasteiger partial charge is 0.351 e. The van der Waals surface area contributed by atoms with E-state index < -0.39 is 29.6 Å². The van der Waals surface area contributed by atoms with Crippen LogP contribution in [0.1, 0.15) is 51.4 Å². The summed E-state index contributed by atoms with van der Waals surface area (Å²) in [5.41, 5.74) is 5.03. The largest absolute Gasteiger partial charge is 0.393 e. The third kappa shape index (κ3) is 3.22. The van der Waals surface area contributed by atoms with E-state index in [-0.39, 0.29) is 6.42 Å². The first-order valence-corrected chi connectivity index (χ1v) is 6.99. The molecule has 6 heteroatoms. The highest BCUT2D eigenvalue weighted by molar-refractivity contribution is 5.86. The summed E-state index contributed by atoms with van der Waals surface area (Å²) in [5, 5.41) is 2.57. The van der Waals surface area contributed by atoms with Crippen molar-refractivity contribution in [2.75, 3.05) is 0 Å². The standard InChI is InChI=1S/C13H21F3N2O/c14-13(15,16)9-5-1-2-6-10(9)18-11(19)12(17)7-3-4-8-12/h9-10H,1-8,17H2,(H,18,19). The van der Waals surface area contributed by atoms with Gasteiger partial charge in [-0.2, -0.15) is 13.2 Å². The average molecular weight is 278 g/mol. The number of nitrogens with two attached hydrogens (primary N) is 1. The normalized spacial score (nSPS) is 31.2. The zero-order valence-electron chi connectivity index (χ0n) is 10.9. The van der Waals surface area contributed by atoms with Crippen molar-refractivity contribution in [3.8, 4) is 0 Å². The molecule has 0 aromatic heterocycles. The van der Waals surface area contributed by atoms with Crippen molar-refractivity contribution >= 4 is 5.91 Å². The van der Waals surface area contributed by atoms with Crippen LogP contribution in [0.25, 0.3) is 0 Å². The van der Waals surface area contributed by atoms with Gasteiger partial charge in [-0.1, -0.05) is 25.7 Å². The van der Waals surface area contributed by atoms with Crippen molar-refractivity contribution < 1.29 is 18.0 Å². The van der Waals surface area contributed by atoms with Crippen molar-refractivity contribution in [1.29, 1.82) is 0 Å². The molecule has 3 N–H and O–H groups in total. The number of hydrogen-bond acceptors (Lipinski definition) is 2. The van der Waals surface area contributed by atoms with Gasteiger partial charge in [0.15, 0.2) is 0 Å². The fourth-order valence-electron chi connectivity index (χ4n) is 3.24. The highest BCUT2D eigenvalue weighted by Gasteiger charge is 2.47. The second-order valence-electron chi connectivity index (χ2n) is 5.88. The molecule has 0 heterocycles. The molecular formula is C13H21F3N2O. The lowest BCUT2D eigenvalue weighted by atomic mass is 9.83. The first-order chi connectivity index (χ1) is 8.83. The molecule has 0 radical (unpaired) electrons. The average Bonchev–Trinajstić information content (AvgIpc) is 2.77. The van der Waals surface area contributed by atoms with Crippen LogP contribution in [0.2, 0.25) is 0 Å². The van der Waals surface area contributed by atoms with Gasteiger partial charge in [-0.3, -0.25) is 4.79 Å². The Labute approximate surface area is 111 Å². The van der Waals surface area contributed by atoms with Gasteiger partial charge in [0.2, 0.25) is 5.91 Å². The van der Waals surface area contributed by atoms with Gasteiger partial charge in [-0.15, -0.1) is 0 Å². The molecule has 0 spiro atoms. The van der Waals surface area contributed by atoms with E-state index in [1.165, 1.54) is 0 Å². The van der Waals surface area contributed by atoms with Gasteiger partial charge in [-0.05, 0) is 25.7 Å². The molecular weight excluding hydrogens is 257 g/mol. The minimum Gasteiger partial charge on any atom is -0.351 e. The number of rotatable bonds is 2. The first kappa shape index (κ1) is 14.6. The highest BCUT2D eigenvalue weighted by Crippen LogP contribution is 2.38. The van der Waals surface area contributed by atoms with Crippen LogP contribution in [0.4, 0.5) is 13.2 Å². The van der Waals surface area contributed by atoms with Crippen LogP contribution < -0.4 is 11.1 Å². The van der Waals surface area contributed by atoms with Gasteiger partial charge in [0.1, 0.15) is 0 Å². The number of amides is 1. The van der Waals surface area contributed by atoms with E-state index in [0.717, 1.165) is 19.3 Å². The number of alkyl halides is 3. The molecule has 19 heavy (non-hydrogen) atoms. The topological polar surface area (TPSA) is 55.1 Å². The minimum absolute atomic E-state index is 0.103. The van der Waals surface area contributed by atoms with Crippen molar-refractivity contribution in [2.24, 2.45) is 11.7 Å². The van der Waals surface area contributed by atoms with Crippen molar-refractivity contribution in [2.45, 2.75) is 69.1 Å². The van der Waals surface area contributed by atoms with Gasteiger partial charge in [-0.25, -0.2) is 0 Å². The van der Waals surface area contributed by atoms with E-state index in [9.17, 15) is 18.0 Å². The molecule has 2 saturated carbocycles. The van der Waals surface area contributed by atoms with Crippen molar-refractivity contribution in [3.63, 3.8) is 0 Å². The van der Waals surface area contributed by atoms with Crippen LogP contribution in [-0.4, -0.2) is 23.7 Å². The maximum atomic E-state index is 12.9. The van der Waals surface area contributed by atoms with E-state index in [0.29, 0.717) is 25.7 Å². The summed E-state index contributed by atoms with van der Waals surface area (Å²) in [6.07, 6.45) is 0.451. The molecule has 2 aliphatic rings. The predicted molar refractivity (Wildman–Crippen MR) is 65.3 cm³/mol. The molecule has 0 aromatic rings. The van der Waals surface area contributed by atoms with E-state index >= 15 is 0 Å². The van der Waals surface area contributed by atoms with Crippen LogP contribution in [0.15, 0.2) is 0 Å². The molecule has 3 nitrogen and oxygen atoms in total. The highest BCUT2D eigenvalue weighted by atomic mass is 19.4. The quantitative estimate of drug-likeness (QED) is 0.815. The fraction of sp³-hybridized carbons (Fsp3) is 0.923. The van der Waals surface area contributed by atoms with Crippen LogP contribution in [0, 0.1) is 5.92 Å². The monoisotopic (exact) mass is 278 g/mol. The molecule has 2 unspecified atom stereocenters. The summed E-state index contributed by atoms with van der Waals surface area (Å²) in [4.78, 5) is 12.1. The molecule has 2 aliphatic carbocycles. The third-order valence-corrected chi connectivity index (χ3v) is 4.45. The summed E-state index contributed by atoms with van der Waals surface area (Å²) in [7, 11) is 0. The van der Waals surface area contributed by atoms with Gasteiger partial charge in [0.25, 0.3) is 0 Å². The zero-order chi connectivity index (χ0) is 14.1. The summed E-state index contributed by atoms with van der Waals surface area (Å²) < 4.78 is 38.8. The van der Waals surface area contributed by atoms with Crippen LogP contribution in [-0.2, 0) is 4.79 Å². The number of hydrogen-bond donors (Lipinski definition) is 2. The van der Waals surface area contributed by atoms with Gasteiger partial charge in [0, 0.05) is 6.04 Å². The lowest BCUT2D eigenvalue weighted by Crippen LogP contribution is -2.57. The van der Waals surface area contributed by atoms with Gasteiger partial charge < -0.3 is 11.1 Å². The van der Waals surface area contributed by atoms with Crippen molar-refractivity contribution in [3.05, 3.63) is 0 Å². The molecule has 110 valence electrons. The fourth-order valence-corrected chi connectivity index (χ4v) is 3.24. The lowest BCUT2D eigenvalue weighted by Gasteiger charge is -2.35. The number of halogens is 3. The zero-order valence-corrected chi connectivity index (χ0v) is 10.9. The third-order valence-electron chi connectivity index (χ3n) is 4.45. The summed E-state index contributed by atoms with van der Waals surface area (Å²) in [6, 6.07) is -0.803. The molecule has 2 fully saturated rings. The summed E-state index contributed by atoms with van der Waals surface area (Å²) >= 11 is 0. The summed E-state index contributed by atoms with van der Waals surface area (Å²) in [5.74, 6) is -1.82. The van der Waals surface area contributed by atoms with Gasteiger partial charge in [0.05, 0.1) is 11.5 Å². The number of carbonyl (C=O) groups excluding carboxylic acids is 1. The maximum absolute atomic E-state index is 12.9. The Morgan fingerprint density at radius 3 is 2.26 bits per heavy atom. The molecule has 0 aromatic carbocycles. The van der Waals surface area contributed by atoms with Crippen molar-refractivity contribution in [1.82, 2.24) is 5.32 Å². The lowest BCUT2D eigenvalue weighted by molar-refractivity contribution is -0.189. The number of nitrogens with one attached hydrogen (secondary N) is 1. The van der Waals surface area contributed by atoms with E-state index in [1.807, 2.05) is 0 Å². The van der Waals surface area contributed by atoms with E-state index in [2.05, 4.69) is 5.32 Å². The van der Waals surface area contributed by atoms with Gasteiger partial charge >= 0.3 is 6.18 Å². The summed E-state index contributed by atoms with van der Waals surface area (Å²) in [6.45, 7) is 0. The SMILES string of the molecule is NC1(C(=O)NC2CCCCC2C(F)(F)F)CCCC1. The molecule has 2 rings (SSSR count). The second kappa shape index (κ2) is 5.31. The Hall–Kier alpha value is -0.780. The Bertz CT molecular complexity index is 337. The van der Waals surface area contributed by atoms with Crippen LogP contribution >= 0.6 is 0 Å². The molecule has 2 atom stereocenters. The Kier molecular flexibility index (Phi) is 4.08. The molecule has 0 aliphatic heterocycles. The molecule has 0 saturated heterocycles. The molecule has 0 bridgehead atoms. The predicted octanol–water partition coefficient (Wildman–Crippen LogP) is 2.50. The second-order valence-corrected chi connectivity index (χ2v) is 5.88. The van der Waals surface area contributed by atoms with Crippen LogP contribution in [0.5, 0.6) is 0 Å². The maximum Gasteiger partial charge on any atom is 0.393 e. The Balaban J connectivity index is 2.01. The molecule has 1 amide bonds. The van der Waals surface area contributed by atoms with E-state index in [4.69, 9.17) is 5.73 Å². The minimum atomic E-state index is -4.24. The first-order valence-electron chi connectivity index (χ1n) is 6.99. The Morgan fingerprint density at radius 2 is 1.68 bits per heavy atom.